The molecule has 0 fully saturated rings. The van der Waals surface area contributed by atoms with Crippen molar-refractivity contribution in [3.63, 3.8) is 0 Å². The molecule has 0 saturated carbocycles. The maximum Gasteiger partial charge on any atom is 0.239 e. The van der Waals surface area contributed by atoms with Crippen LogP contribution in [0.4, 0.5) is 0 Å². The molecular weight excluding hydrogens is 204 g/mol. The van der Waals surface area contributed by atoms with Crippen molar-refractivity contribution in [3.05, 3.63) is 0 Å². The molecule has 0 aromatic heterocycles. The summed E-state index contributed by atoms with van der Waals surface area (Å²) in [6, 6.07) is -0.329. The van der Waals surface area contributed by atoms with Crippen molar-refractivity contribution < 1.29 is 9.63 Å². The average molecular weight is 230 g/mol. The van der Waals surface area contributed by atoms with Crippen molar-refractivity contribution in [2.75, 3.05) is 6.61 Å². The zero-order valence-electron chi connectivity index (χ0n) is 11.4. The maximum atomic E-state index is 11.7. The van der Waals surface area contributed by atoms with Crippen LogP contribution in [0.15, 0.2) is 0 Å². The maximum absolute atomic E-state index is 11.7. The van der Waals surface area contributed by atoms with Gasteiger partial charge in [0.1, 0.15) is 6.04 Å². The Bertz CT molecular complexity index is 215. The Kier molecular flexibility index (Phi) is 6.60. The monoisotopic (exact) mass is 230 g/mol. The van der Waals surface area contributed by atoms with Crippen LogP contribution in [0.1, 0.15) is 48.0 Å². The Balaban J connectivity index is 3.91. The highest BCUT2D eigenvalue weighted by Crippen LogP contribution is 2.06. The fourth-order valence-corrected chi connectivity index (χ4v) is 0.923. The van der Waals surface area contributed by atoms with E-state index in [0.717, 1.165) is 6.42 Å². The minimum absolute atomic E-state index is 0.0318. The van der Waals surface area contributed by atoms with E-state index in [-0.39, 0.29) is 17.5 Å². The summed E-state index contributed by atoms with van der Waals surface area (Å²) in [7, 11) is 0. The summed E-state index contributed by atoms with van der Waals surface area (Å²) in [5.41, 5.74) is 2.59. The van der Waals surface area contributed by atoms with Gasteiger partial charge < -0.3 is 10.2 Å². The molecule has 1 unspecified atom stereocenters. The van der Waals surface area contributed by atoms with E-state index in [1.54, 1.807) is 6.92 Å². The molecule has 1 atom stereocenters. The normalized spacial score (nSPS) is 13.9. The van der Waals surface area contributed by atoms with Gasteiger partial charge in [-0.05, 0) is 33.1 Å². The van der Waals surface area contributed by atoms with E-state index in [2.05, 4.69) is 24.6 Å². The third-order valence-electron chi connectivity index (χ3n) is 2.42. The Morgan fingerprint density at radius 2 is 1.88 bits per heavy atom. The van der Waals surface area contributed by atoms with Crippen LogP contribution in [0.3, 0.4) is 0 Å². The first-order valence-corrected chi connectivity index (χ1v) is 5.98. The number of carbonyl (C=O) groups is 1. The van der Waals surface area contributed by atoms with Crippen molar-refractivity contribution in [1.82, 2.24) is 10.8 Å². The molecule has 0 aliphatic rings. The fraction of sp³-hybridized carbons (Fsp3) is 0.917. The second kappa shape index (κ2) is 6.86. The highest BCUT2D eigenvalue weighted by atomic mass is 16.6. The molecule has 0 radical (unpaired) electrons. The van der Waals surface area contributed by atoms with Crippen LogP contribution >= 0.6 is 0 Å². The van der Waals surface area contributed by atoms with Gasteiger partial charge in [-0.25, -0.2) is 0 Å². The summed E-state index contributed by atoms with van der Waals surface area (Å²) < 4.78 is 0. The van der Waals surface area contributed by atoms with Crippen molar-refractivity contribution >= 4 is 5.91 Å². The van der Waals surface area contributed by atoms with E-state index in [4.69, 9.17) is 4.84 Å². The number of hydrogen-bond donors (Lipinski definition) is 2. The van der Waals surface area contributed by atoms with E-state index in [0.29, 0.717) is 12.5 Å². The molecule has 0 heterocycles. The number of carbonyl (C=O) groups excluding carboxylic acids is 1. The van der Waals surface area contributed by atoms with Gasteiger partial charge in [-0.3, -0.25) is 4.79 Å². The summed E-state index contributed by atoms with van der Waals surface area (Å²) in [5.74, 6) is 0.422. The topological polar surface area (TPSA) is 50.4 Å². The highest BCUT2D eigenvalue weighted by Gasteiger charge is 2.21. The minimum Gasteiger partial charge on any atom is -0.350 e. The molecule has 96 valence electrons. The molecule has 0 bridgehead atoms. The minimum atomic E-state index is -0.329. The number of nitrogens with one attached hydrogen (secondary N) is 2. The quantitative estimate of drug-likeness (QED) is 0.656. The molecule has 0 spiro atoms. The standard InChI is InChI=1S/C12H26N2O2/c1-7-12(5,6)13-11(15)10(4)14-16-8-9(2)3/h9-10,14H,7-8H2,1-6H3,(H,13,15). The lowest BCUT2D eigenvalue weighted by Gasteiger charge is -2.26. The number of rotatable bonds is 7. The van der Waals surface area contributed by atoms with E-state index in [9.17, 15) is 4.79 Å². The van der Waals surface area contributed by atoms with Gasteiger partial charge in [-0.2, -0.15) is 5.48 Å². The summed E-state index contributed by atoms with van der Waals surface area (Å²) in [4.78, 5) is 17.0. The molecule has 0 aromatic rings. The Morgan fingerprint density at radius 1 is 1.31 bits per heavy atom. The number of hydrogen-bond acceptors (Lipinski definition) is 3. The SMILES string of the molecule is CCC(C)(C)NC(=O)C(C)NOCC(C)C. The van der Waals surface area contributed by atoms with Gasteiger partial charge in [-0.1, -0.05) is 20.8 Å². The molecule has 0 rings (SSSR count). The summed E-state index contributed by atoms with van der Waals surface area (Å²) in [6.45, 7) is 12.6. The second-order valence-corrected chi connectivity index (χ2v) is 5.27. The van der Waals surface area contributed by atoms with Gasteiger partial charge >= 0.3 is 0 Å². The lowest BCUT2D eigenvalue weighted by Crippen LogP contribution is -2.50. The molecular formula is C12H26N2O2. The zero-order chi connectivity index (χ0) is 12.8. The van der Waals surface area contributed by atoms with Crippen molar-refractivity contribution in [3.8, 4) is 0 Å². The van der Waals surface area contributed by atoms with Crippen LogP contribution in [-0.2, 0) is 9.63 Å². The van der Waals surface area contributed by atoms with Gasteiger partial charge in [0.2, 0.25) is 5.91 Å². The first-order valence-electron chi connectivity index (χ1n) is 5.98. The smallest absolute Gasteiger partial charge is 0.239 e. The first-order chi connectivity index (χ1) is 7.28. The van der Waals surface area contributed by atoms with Crippen LogP contribution in [0.25, 0.3) is 0 Å². The van der Waals surface area contributed by atoms with Crippen LogP contribution in [0.5, 0.6) is 0 Å². The van der Waals surface area contributed by atoms with Crippen molar-refractivity contribution in [2.24, 2.45) is 5.92 Å². The third kappa shape index (κ3) is 6.80. The number of hydroxylamine groups is 1. The molecule has 16 heavy (non-hydrogen) atoms. The Hall–Kier alpha value is -0.610. The predicted molar refractivity (Wildman–Crippen MR) is 65.9 cm³/mol. The summed E-state index contributed by atoms with van der Waals surface area (Å²) >= 11 is 0. The van der Waals surface area contributed by atoms with Gasteiger partial charge in [0.25, 0.3) is 0 Å². The van der Waals surface area contributed by atoms with Crippen LogP contribution in [-0.4, -0.2) is 24.1 Å². The number of amides is 1. The summed E-state index contributed by atoms with van der Waals surface area (Å²) in [5, 5.41) is 2.96. The molecule has 0 aromatic carbocycles. The van der Waals surface area contributed by atoms with E-state index in [1.807, 2.05) is 20.8 Å². The van der Waals surface area contributed by atoms with Gasteiger partial charge in [0, 0.05) is 5.54 Å². The fourth-order valence-electron chi connectivity index (χ4n) is 0.923. The summed E-state index contributed by atoms with van der Waals surface area (Å²) in [6.07, 6.45) is 0.901. The predicted octanol–water partition coefficient (Wildman–Crippen LogP) is 1.86. The largest absolute Gasteiger partial charge is 0.350 e. The van der Waals surface area contributed by atoms with Gasteiger partial charge in [0.05, 0.1) is 6.61 Å². The average Bonchev–Trinajstić information content (AvgIpc) is 2.16. The zero-order valence-corrected chi connectivity index (χ0v) is 11.4. The Labute approximate surface area is 99.1 Å². The van der Waals surface area contributed by atoms with E-state index < -0.39 is 0 Å². The van der Waals surface area contributed by atoms with Gasteiger partial charge in [0.15, 0.2) is 0 Å². The van der Waals surface area contributed by atoms with Crippen LogP contribution in [0.2, 0.25) is 0 Å². The third-order valence-corrected chi connectivity index (χ3v) is 2.42. The van der Waals surface area contributed by atoms with Crippen LogP contribution < -0.4 is 10.8 Å². The lowest BCUT2D eigenvalue weighted by molar-refractivity contribution is -0.128. The lowest BCUT2D eigenvalue weighted by atomic mass is 10.0. The molecule has 1 amide bonds. The Morgan fingerprint density at radius 3 is 2.31 bits per heavy atom. The second-order valence-electron chi connectivity index (χ2n) is 5.27. The van der Waals surface area contributed by atoms with Crippen molar-refractivity contribution in [2.45, 2.75) is 59.5 Å². The molecule has 4 nitrogen and oxygen atoms in total. The molecule has 0 aliphatic heterocycles. The van der Waals surface area contributed by atoms with Crippen LogP contribution in [0, 0.1) is 5.92 Å². The molecule has 4 heteroatoms. The highest BCUT2D eigenvalue weighted by molar-refractivity contribution is 5.81. The van der Waals surface area contributed by atoms with E-state index >= 15 is 0 Å². The van der Waals surface area contributed by atoms with Crippen molar-refractivity contribution in [1.29, 1.82) is 0 Å². The van der Waals surface area contributed by atoms with E-state index in [1.165, 1.54) is 0 Å². The molecule has 0 aliphatic carbocycles. The first kappa shape index (κ1) is 15.4. The van der Waals surface area contributed by atoms with Gasteiger partial charge in [-0.15, -0.1) is 0 Å². The molecule has 2 N–H and O–H groups in total. The molecule has 0 saturated heterocycles.